The van der Waals surface area contributed by atoms with Crippen LogP contribution in [0.5, 0.6) is 0 Å². The summed E-state index contributed by atoms with van der Waals surface area (Å²) in [4.78, 5) is 10.0. The van der Waals surface area contributed by atoms with E-state index in [-0.39, 0.29) is 41.4 Å². The summed E-state index contributed by atoms with van der Waals surface area (Å²) in [5.74, 6) is -1.09. The maximum atomic E-state index is 10.0. The molecule has 0 fully saturated rings. The molecule has 1 unspecified atom stereocenters. The molecule has 12 heavy (non-hydrogen) atoms. The number of carboxylic acids is 1. The molecular weight excluding hydrogens is 187 g/mol. The van der Waals surface area contributed by atoms with Crippen LogP contribution < -0.4 is 34.7 Å². The number of halogens is 1. The fraction of sp³-hybridized carbons (Fsp3) is 0.625. The van der Waals surface area contributed by atoms with Gasteiger partial charge in [0.25, 0.3) is 0 Å². The van der Waals surface area contributed by atoms with Crippen LogP contribution in [0.15, 0.2) is 12.2 Å². The second-order valence-corrected chi connectivity index (χ2v) is 2.91. The molecular formula is C8H12ClNaO2. The zero-order valence-corrected chi connectivity index (χ0v) is 10.3. The van der Waals surface area contributed by atoms with Crippen molar-refractivity contribution in [1.82, 2.24) is 0 Å². The summed E-state index contributed by atoms with van der Waals surface area (Å²) in [5, 5.41) is 9.69. The molecule has 0 aromatic heterocycles. The first-order valence-electron chi connectivity index (χ1n) is 3.65. The van der Waals surface area contributed by atoms with E-state index in [0.717, 1.165) is 6.42 Å². The Hall–Kier alpha value is 0.500. The first-order chi connectivity index (χ1) is 5.16. The predicted octanol–water partition coefficient (Wildman–Crippen LogP) is -1.91. The molecule has 0 bridgehead atoms. The minimum absolute atomic E-state index is 0. The Morgan fingerprint density at radius 1 is 1.58 bits per heavy atom. The van der Waals surface area contributed by atoms with Crippen LogP contribution in [0.25, 0.3) is 0 Å². The summed E-state index contributed by atoms with van der Waals surface area (Å²) in [5.41, 5.74) is 0. The number of allylic oxidation sites excluding steroid dienone is 2. The number of alkyl halides is 1. The van der Waals surface area contributed by atoms with Crippen LogP contribution in [0, 0.1) is 0 Å². The normalized spacial score (nSPS) is 12.5. The van der Waals surface area contributed by atoms with Gasteiger partial charge in [-0.1, -0.05) is 19.1 Å². The fourth-order valence-corrected chi connectivity index (χ4v) is 0.904. The molecule has 1 atom stereocenters. The van der Waals surface area contributed by atoms with Gasteiger partial charge in [-0.15, -0.1) is 11.6 Å². The number of rotatable bonds is 5. The summed E-state index contributed by atoms with van der Waals surface area (Å²) in [6, 6.07) is 0. The molecule has 0 N–H and O–H groups in total. The van der Waals surface area contributed by atoms with Crippen molar-refractivity contribution in [1.29, 1.82) is 0 Å². The number of carbonyl (C=O) groups excluding carboxylic acids is 1. The Bertz CT molecular complexity index is 148. The largest absolute Gasteiger partial charge is 1.00 e. The number of carboxylic acid groups (broad SMARTS) is 1. The smallest absolute Gasteiger partial charge is 0.550 e. The van der Waals surface area contributed by atoms with Gasteiger partial charge in [0.2, 0.25) is 0 Å². The predicted molar refractivity (Wildman–Crippen MR) is 43.3 cm³/mol. The van der Waals surface area contributed by atoms with E-state index in [9.17, 15) is 9.90 Å². The second-order valence-electron chi connectivity index (χ2n) is 2.29. The van der Waals surface area contributed by atoms with Crippen LogP contribution in [0.4, 0.5) is 0 Å². The molecule has 0 amide bonds. The topological polar surface area (TPSA) is 40.1 Å². The molecule has 0 saturated heterocycles. The van der Waals surface area contributed by atoms with Gasteiger partial charge in [-0.3, -0.25) is 0 Å². The van der Waals surface area contributed by atoms with Gasteiger partial charge in [-0.25, -0.2) is 0 Å². The zero-order valence-electron chi connectivity index (χ0n) is 7.55. The number of carbonyl (C=O) groups is 1. The Kier molecular flexibility index (Phi) is 12.0. The van der Waals surface area contributed by atoms with Crippen molar-refractivity contribution in [2.24, 2.45) is 0 Å². The molecule has 0 aromatic carbocycles. The number of hydrogen-bond acceptors (Lipinski definition) is 2. The molecule has 0 aliphatic rings. The average molecular weight is 199 g/mol. The third-order valence-corrected chi connectivity index (χ3v) is 1.51. The summed E-state index contributed by atoms with van der Waals surface area (Å²) in [7, 11) is 0. The third kappa shape index (κ3) is 10.5. The third-order valence-electron chi connectivity index (χ3n) is 1.18. The van der Waals surface area contributed by atoms with Gasteiger partial charge >= 0.3 is 29.6 Å². The molecule has 0 rings (SSSR count). The Morgan fingerprint density at radius 2 is 2.17 bits per heavy atom. The van der Waals surface area contributed by atoms with Gasteiger partial charge < -0.3 is 9.90 Å². The van der Waals surface area contributed by atoms with Gasteiger partial charge in [0.15, 0.2) is 0 Å². The van der Waals surface area contributed by atoms with Gasteiger partial charge in [0, 0.05) is 17.8 Å². The van der Waals surface area contributed by atoms with E-state index >= 15 is 0 Å². The van der Waals surface area contributed by atoms with E-state index in [0.29, 0.717) is 6.42 Å². The number of hydrogen-bond donors (Lipinski definition) is 0. The molecule has 64 valence electrons. The van der Waals surface area contributed by atoms with Crippen molar-refractivity contribution in [2.75, 3.05) is 0 Å². The summed E-state index contributed by atoms with van der Waals surface area (Å²) >= 11 is 5.64. The van der Waals surface area contributed by atoms with Gasteiger partial charge in [-0.2, -0.15) is 0 Å². The summed E-state index contributed by atoms with van der Waals surface area (Å²) in [6.07, 6.45) is 5.33. The van der Waals surface area contributed by atoms with Crippen molar-refractivity contribution in [3.05, 3.63) is 12.2 Å². The maximum absolute atomic E-state index is 10.0. The first-order valence-corrected chi connectivity index (χ1v) is 4.09. The van der Waals surface area contributed by atoms with E-state index in [2.05, 4.69) is 0 Å². The van der Waals surface area contributed by atoms with E-state index in [1.165, 1.54) is 0 Å². The van der Waals surface area contributed by atoms with Crippen LogP contribution in [-0.4, -0.2) is 11.3 Å². The first kappa shape index (κ1) is 15.0. The quantitative estimate of drug-likeness (QED) is 0.294. The van der Waals surface area contributed by atoms with Crippen LogP contribution >= 0.6 is 11.6 Å². The molecule has 0 saturated carbocycles. The van der Waals surface area contributed by atoms with Crippen LogP contribution in [0.2, 0.25) is 0 Å². The van der Waals surface area contributed by atoms with Crippen LogP contribution in [0.3, 0.4) is 0 Å². The standard InChI is InChI=1S/C8H13ClO2.Na/c1-2-3-4-5-7(9)6-8(10)11;/h3-4,7H,2,5-6H2,1H3,(H,10,11);/q;+1/p-1/b4-3+;. The Balaban J connectivity index is 0. The maximum Gasteiger partial charge on any atom is 1.00 e. The molecule has 0 radical (unpaired) electrons. The van der Waals surface area contributed by atoms with E-state index in [4.69, 9.17) is 11.6 Å². The molecule has 0 aliphatic carbocycles. The van der Waals surface area contributed by atoms with Gasteiger partial charge in [-0.05, 0) is 12.8 Å². The van der Waals surface area contributed by atoms with Crippen molar-refractivity contribution < 1.29 is 39.5 Å². The molecule has 0 aliphatic heterocycles. The summed E-state index contributed by atoms with van der Waals surface area (Å²) < 4.78 is 0. The second kappa shape index (κ2) is 9.59. The minimum Gasteiger partial charge on any atom is -0.550 e. The van der Waals surface area contributed by atoms with Crippen LogP contribution in [0.1, 0.15) is 26.2 Å². The fourth-order valence-electron chi connectivity index (χ4n) is 0.675. The van der Waals surface area contributed by atoms with Crippen LogP contribution in [-0.2, 0) is 4.79 Å². The minimum atomic E-state index is -1.09. The summed E-state index contributed by atoms with van der Waals surface area (Å²) in [6.45, 7) is 2.01. The van der Waals surface area contributed by atoms with Crippen molar-refractivity contribution in [3.8, 4) is 0 Å². The molecule has 0 heterocycles. The van der Waals surface area contributed by atoms with E-state index in [1.807, 2.05) is 19.1 Å². The molecule has 0 spiro atoms. The Morgan fingerprint density at radius 3 is 2.58 bits per heavy atom. The molecule has 2 nitrogen and oxygen atoms in total. The van der Waals surface area contributed by atoms with Gasteiger partial charge in [0.1, 0.15) is 0 Å². The SMILES string of the molecule is CC/C=C/CC(Cl)CC(=O)[O-].[Na+]. The van der Waals surface area contributed by atoms with Crippen molar-refractivity contribution >= 4 is 17.6 Å². The molecule has 0 aromatic rings. The molecule has 4 heteroatoms. The van der Waals surface area contributed by atoms with E-state index < -0.39 is 5.97 Å². The monoisotopic (exact) mass is 198 g/mol. The van der Waals surface area contributed by atoms with Crippen molar-refractivity contribution in [2.45, 2.75) is 31.6 Å². The number of aliphatic carboxylic acids is 1. The van der Waals surface area contributed by atoms with Crippen molar-refractivity contribution in [3.63, 3.8) is 0 Å². The zero-order chi connectivity index (χ0) is 8.69. The van der Waals surface area contributed by atoms with E-state index in [1.54, 1.807) is 0 Å². The van der Waals surface area contributed by atoms with Gasteiger partial charge in [0.05, 0.1) is 0 Å². The Labute approximate surface area is 100 Å². The average Bonchev–Trinajstić information content (AvgIpc) is 1.86.